The largest absolute Gasteiger partial charge is 0.319 e. The molecule has 0 fully saturated rings. The second kappa shape index (κ2) is 10.2. The summed E-state index contributed by atoms with van der Waals surface area (Å²) in [6.45, 7) is 5.73. The van der Waals surface area contributed by atoms with Crippen molar-refractivity contribution in [3.05, 3.63) is 110 Å². The van der Waals surface area contributed by atoms with Crippen molar-refractivity contribution in [1.29, 1.82) is 0 Å². The van der Waals surface area contributed by atoms with Crippen molar-refractivity contribution in [2.75, 3.05) is 11.1 Å². The number of nitrogens with zero attached hydrogens (tertiary/aromatic N) is 4. The predicted molar refractivity (Wildman–Crippen MR) is 152 cm³/mol. The molecular formula is C29H27N5O3S. The van der Waals surface area contributed by atoms with Crippen molar-refractivity contribution in [3.63, 3.8) is 0 Å². The highest BCUT2D eigenvalue weighted by Gasteiger charge is 2.20. The minimum absolute atomic E-state index is 0.0329. The number of thioether (sulfide) groups is 1. The minimum atomic E-state index is -0.365. The number of carbonyl (C=O) groups is 1. The molecule has 8 nitrogen and oxygen atoms in total. The van der Waals surface area contributed by atoms with Gasteiger partial charge in [-0.15, -0.1) is 0 Å². The standard InChI is InChI=1S/C29H27N5O3S/c1-18-14-15-24(19(2)16-18)33-27(36)22-12-8-9-13-23(22)30-29(33)38-17-25(35)31-26-20(3)32(4)34(28(26)37)21-10-6-5-7-11-21/h5-16H,17H2,1-4H3,(H,31,35). The van der Waals surface area contributed by atoms with Gasteiger partial charge in [0.2, 0.25) is 5.91 Å². The summed E-state index contributed by atoms with van der Waals surface area (Å²) in [5.41, 5.74) is 4.33. The third kappa shape index (κ3) is 4.56. The van der Waals surface area contributed by atoms with Crippen LogP contribution >= 0.6 is 11.8 Å². The van der Waals surface area contributed by atoms with Gasteiger partial charge in [-0.2, -0.15) is 0 Å². The first kappa shape index (κ1) is 25.3. The Morgan fingerprint density at radius 2 is 1.63 bits per heavy atom. The summed E-state index contributed by atoms with van der Waals surface area (Å²) in [6.07, 6.45) is 0. The lowest BCUT2D eigenvalue weighted by Gasteiger charge is -2.15. The number of benzene rings is 3. The molecule has 2 aromatic heterocycles. The Hall–Kier alpha value is -4.37. The average Bonchev–Trinajstić information content (AvgIpc) is 3.11. The van der Waals surface area contributed by atoms with Gasteiger partial charge in [0.25, 0.3) is 11.1 Å². The first-order valence-corrected chi connectivity index (χ1v) is 13.1. The molecule has 0 atom stereocenters. The van der Waals surface area contributed by atoms with Crippen LogP contribution in [0, 0.1) is 20.8 Å². The van der Waals surface area contributed by atoms with Crippen LogP contribution < -0.4 is 16.4 Å². The molecule has 1 N–H and O–H groups in total. The number of nitrogens with one attached hydrogen (secondary N) is 1. The molecule has 192 valence electrons. The van der Waals surface area contributed by atoms with Gasteiger partial charge in [-0.25, -0.2) is 9.67 Å². The maximum Gasteiger partial charge on any atom is 0.295 e. The van der Waals surface area contributed by atoms with Gasteiger partial charge < -0.3 is 5.32 Å². The minimum Gasteiger partial charge on any atom is -0.319 e. The molecule has 3 aromatic carbocycles. The monoisotopic (exact) mass is 525 g/mol. The number of rotatable bonds is 6. The highest BCUT2D eigenvalue weighted by Crippen LogP contribution is 2.24. The number of fused-ring (bicyclic) bond motifs is 1. The molecule has 0 unspecified atom stereocenters. The average molecular weight is 526 g/mol. The van der Waals surface area contributed by atoms with Gasteiger partial charge in [0, 0.05) is 7.05 Å². The van der Waals surface area contributed by atoms with Crippen LogP contribution in [-0.4, -0.2) is 30.6 Å². The first-order chi connectivity index (χ1) is 18.3. The molecule has 0 aliphatic heterocycles. The smallest absolute Gasteiger partial charge is 0.295 e. The molecule has 9 heteroatoms. The Labute approximate surface area is 223 Å². The SMILES string of the molecule is Cc1ccc(-n2c(SCC(=O)Nc3c(C)n(C)n(-c4ccccc4)c3=O)nc3ccccc3c2=O)c(C)c1. The number of hydrogen-bond acceptors (Lipinski definition) is 5. The molecule has 0 saturated carbocycles. The fraction of sp³-hybridized carbons (Fsp3) is 0.172. The lowest BCUT2D eigenvalue weighted by atomic mass is 10.1. The quantitative estimate of drug-likeness (QED) is 0.260. The van der Waals surface area contributed by atoms with E-state index in [-0.39, 0.29) is 28.5 Å². The highest BCUT2D eigenvalue weighted by molar-refractivity contribution is 7.99. The Morgan fingerprint density at radius 3 is 2.37 bits per heavy atom. The Kier molecular flexibility index (Phi) is 6.77. The summed E-state index contributed by atoms with van der Waals surface area (Å²) < 4.78 is 4.79. The lowest BCUT2D eigenvalue weighted by molar-refractivity contribution is -0.113. The van der Waals surface area contributed by atoms with Gasteiger partial charge in [0.05, 0.1) is 33.7 Å². The van der Waals surface area contributed by atoms with Crippen LogP contribution in [-0.2, 0) is 11.8 Å². The van der Waals surface area contributed by atoms with Crippen molar-refractivity contribution in [3.8, 4) is 11.4 Å². The Morgan fingerprint density at radius 1 is 0.921 bits per heavy atom. The van der Waals surface area contributed by atoms with Crippen molar-refractivity contribution in [2.24, 2.45) is 7.05 Å². The van der Waals surface area contributed by atoms with E-state index in [1.54, 1.807) is 35.4 Å². The topological polar surface area (TPSA) is 90.9 Å². The second-order valence-corrected chi connectivity index (χ2v) is 10.1. The van der Waals surface area contributed by atoms with Crippen molar-refractivity contribution in [1.82, 2.24) is 18.9 Å². The third-order valence-corrected chi connectivity index (χ3v) is 7.43. The molecule has 0 aliphatic carbocycles. The summed E-state index contributed by atoms with van der Waals surface area (Å²) in [5, 5.41) is 3.69. The molecule has 0 spiro atoms. The molecule has 5 rings (SSSR count). The number of anilines is 1. The Balaban J connectivity index is 1.47. The number of aromatic nitrogens is 4. The third-order valence-electron chi connectivity index (χ3n) is 6.49. The van der Waals surface area contributed by atoms with E-state index in [1.807, 2.05) is 74.5 Å². The van der Waals surface area contributed by atoms with Gasteiger partial charge in [-0.05, 0) is 56.7 Å². The number of hydrogen-bond donors (Lipinski definition) is 1. The normalized spacial score (nSPS) is 11.2. The van der Waals surface area contributed by atoms with E-state index in [2.05, 4.69) is 5.32 Å². The van der Waals surface area contributed by atoms with E-state index in [1.165, 1.54) is 4.68 Å². The summed E-state index contributed by atoms with van der Waals surface area (Å²) >= 11 is 1.15. The highest BCUT2D eigenvalue weighted by atomic mass is 32.2. The zero-order chi connectivity index (χ0) is 27.0. The lowest BCUT2D eigenvalue weighted by Crippen LogP contribution is -2.25. The maximum absolute atomic E-state index is 13.5. The number of carbonyl (C=O) groups excluding carboxylic acids is 1. The van der Waals surface area contributed by atoms with E-state index in [0.717, 1.165) is 22.9 Å². The summed E-state index contributed by atoms with van der Waals surface area (Å²) in [7, 11) is 1.77. The predicted octanol–water partition coefficient (Wildman–Crippen LogP) is 4.53. The first-order valence-electron chi connectivity index (χ1n) is 12.1. The number of para-hydroxylation sites is 2. The molecule has 1 amide bonds. The van der Waals surface area contributed by atoms with Gasteiger partial charge in [0.1, 0.15) is 5.69 Å². The van der Waals surface area contributed by atoms with E-state index >= 15 is 0 Å². The molecule has 38 heavy (non-hydrogen) atoms. The van der Waals surface area contributed by atoms with E-state index < -0.39 is 0 Å². The van der Waals surface area contributed by atoms with Crippen LogP contribution in [0.1, 0.15) is 16.8 Å². The van der Waals surface area contributed by atoms with Crippen LogP contribution in [0.5, 0.6) is 0 Å². The maximum atomic E-state index is 13.5. The summed E-state index contributed by atoms with van der Waals surface area (Å²) in [4.78, 5) is 44.5. The molecule has 0 bridgehead atoms. The fourth-order valence-corrected chi connectivity index (χ4v) is 5.30. The van der Waals surface area contributed by atoms with Crippen molar-refractivity contribution >= 4 is 34.3 Å². The molecule has 0 aliphatic rings. The van der Waals surface area contributed by atoms with E-state index in [4.69, 9.17) is 4.98 Å². The van der Waals surface area contributed by atoms with Crippen LogP contribution in [0.3, 0.4) is 0 Å². The zero-order valence-electron chi connectivity index (χ0n) is 21.6. The van der Waals surface area contributed by atoms with Crippen molar-refractivity contribution < 1.29 is 4.79 Å². The van der Waals surface area contributed by atoms with E-state index in [9.17, 15) is 14.4 Å². The summed E-state index contributed by atoms with van der Waals surface area (Å²) in [5.74, 6) is -0.398. The van der Waals surface area contributed by atoms with Crippen LogP contribution in [0.4, 0.5) is 5.69 Å². The van der Waals surface area contributed by atoms with Crippen LogP contribution in [0.2, 0.25) is 0 Å². The van der Waals surface area contributed by atoms with Crippen molar-refractivity contribution in [2.45, 2.75) is 25.9 Å². The second-order valence-electron chi connectivity index (χ2n) is 9.12. The van der Waals surface area contributed by atoms with Gasteiger partial charge in [-0.3, -0.25) is 23.6 Å². The molecule has 2 heterocycles. The van der Waals surface area contributed by atoms with E-state index in [0.29, 0.717) is 33.1 Å². The van der Waals surface area contributed by atoms with Gasteiger partial charge in [0.15, 0.2) is 5.16 Å². The van der Waals surface area contributed by atoms with Crippen LogP contribution in [0.15, 0.2) is 87.5 Å². The molecular weight excluding hydrogens is 498 g/mol. The zero-order valence-corrected chi connectivity index (χ0v) is 22.4. The fourth-order valence-electron chi connectivity index (χ4n) is 4.50. The number of aryl methyl sites for hydroxylation is 2. The van der Waals surface area contributed by atoms with Gasteiger partial charge in [-0.1, -0.05) is 59.8 Å². The van der Waals surface area contributed by atoms with Crippen LogP contribution in [0.25, 0.3) is 22.3 Å². The molecule has 0 saturated heterocycles. The Bertz CT molecular complexity index is 1800. The molecule has 5 aromatic rings. The number of amides is 1. The van der Waals surface area contributed by atoms with Gasteiger partial charge >= 0.3 is 0 Å². The summed E-state index contributed by atoms with van der Waals surface area (Å²) in [6, 6.07) is 22.3. The molecule has 0 radical (unpaired) electrons.